The Kier molecular flexibility index (Phi) is 5.08. The molecule has 1 aliphatic carbocycles. The third-order valence-electron chi connectivity index (χ3n) is 5.60. The van der Waals surface area contributed by atoms with E-state index in [-0.39, 0.29) is 35.7 Å². The molecule has 2 heterocycles. The van der Waals surface area contributed by atoms with Gasteiger partial charge in [-0.05, 0) is 62.4 Å². The number of nitrogens with one attached hydrogen (secondary N) is 2. The summed E-state index contributed by atoms with van der Waals surface area (Å²) in [5, 5.41) is 12.4. The molecule has 6 nitrogen and oxygen atoms in total. The molecule has 4 rings (SSSR count). The number of H-pyrrole nitrogens is 1. The summed E-state index contributed by atoms with van der Waals surface area (Å²) < 4.78 is 14.5. The number of halogens is 1. The minimum absolute atomic E-state index is 0.113. The number of hydrogen-bond acceptors (Lipinski definition) is 4. The predicted molar refractivity (Wildman–Crippen MR) is 110 cm³/mol. The number of aromatic nitrogens is 2. The second-order valence-electron chi connectivity index (χ2n) is 7.77. The number of nitriles is 1. The molecule has 152 valence electrons. The van der Waals surface area contributed by atoms with Gasteiger partial charge in [-0.25, -0.2) is 4.39 Å². The highest BCUT2D eigenvalue weighted by Crippen LogP contribution is 2.45. The maximum atomic E-state index is 14.5. The Hall–Kier alpha value is -3.53. The molecule has 1 atom stereocenters. The Morgan fingerprint density at radius 1 is 1.37 bits per heavy atom. The Morgan fingerprint density at radius 2 is 2.13 bits per heavy atom. The van der Waals surface area contributed by atoms with Crippen LogP contribution in [0.25, 0.3) is 10.9 Å². The zero-order valence-corrected chi connectivity index (χ0v) is 16.8. The number of pyridine rings is 2. The van der Waals surface area contributed by atoms with Crippen molar-refractivity contribution in [2.75, 3.05) is 0 Å². The SMILES string of the molecule is Cc1c(CC(=O)N[C@H](C)c2ccc(C#N)cn2)c(=O)[nH]c2ccc(F)c(C3CC3)c12. The first-order valence-electron chi connectivity index (χ1n) is 9.88. The number of carbonyl (C=O) groups excluding carboxylic acids is 1. The molecule has 30 heavy (non-hydrogen) atoms. The van der Waals surface area contributed by atoms with Gasteiger partial charge in [0.2, 0.25) is 5.91 Å². The summed E-state index contributed by atoms with van der Waals surface area (Å²) in [6.07, 6.45) is 3.20. The van der Waals surface area contributed by atoms with Gasteiger partial charge in [-0.2, -0.15) is 5.26 Å². The smallest absolute Gasteiger partial charge is 0.252 e. The molecule has 1 amide bonds. The van der Waals surface area contributed by atoms with Crippen molar-refractivity contribution < 1.29 is 9.18 Å². The van der Waals surface area contributed by atoms with E-state index >= 15 is 0 Å². The Bertz CT molecular complexity index is 1240. The normalized spacial score (nSPS) is 14.3. The van der Waals surface area contributed by atoms with E-state index in [2.05, 4.69) is 15.3 Å². The average Bonchev–Trinajstić information content (AvgIpc) is 3.56. The molecule has 0 bridgehead atoms. The van der Waals surface area contributed by atoms with Gasteiger partial charge in [0.05, 0.1) is 23.7 Å². The molecule has 2 N–H and O–H groups in total. The molecular formula is C23H21FN4O2. The van der Waals surface area contributed by atoms with Crippen molar-refractivity contribution in [2.24, 2.45) is 0 Å². The summed E-state index contributed by atoms with van der Waals surface area (Å²) >= 11 is 0. The van der Waals surface area contributed by atoms with E-state index in [0.29, 0.717) is 38.9 Å². The molecule has 0 unspecified atom stereocenters. The zero-order chi connectivity index (χ0) is 21.4. The van der Waals surface area contributed by atoms with Crippen LogP contribution in [0.4, 0.5) is 4.39 Å². The first-order valence-corrected chi connectivity index (χ1v) is 9.88. The van der Waals surface area contributed by atoms with Gasteiger partial charge in [-0.3, -0.25) is 14.6 Å². The fourth-order valence-electron chi connectivity index (χ4n) is 3.86. The first kappa shape index (κ1) is 19.8. The lowest BCUT2D eigenvalue weighted by molar-refractivity contribution is -0.121. The number of carbonyl (C=O) groups is 1. The molecule has 1 fully saturated rings. The Morgan fingerprint density at radius 3 is 2.77 bits per heavy atom. The molecule has 1 aromatic carbocycles. The maximum absolute atomic E-state index is 14.5. The second kappa shape index (κ2) is 7.71. The number of nitrogens with zero attached hydrogens (tertiary/aromatic N) is 2. The van der Waals surface area contributed by atoms with Crippen molar-refractivity contribution >= 4 is 16.8 Å². The van der Waals surface area contributed by atoms with E-state index in [0.717, 1.165) is 12.8 Å². The van der Waals surface area contributed by atoms with E-state index < -0.39 is 0 Å². The van der Waals surface area contributed by atoms with Gasteiger partial charge < -0.3 is 10.3 Å². The van der Waals surface area contributed by atoms with Crippen LogP contribution in [0.5, 0.6) is 0 Å². The van der Waals surface area contributed by atoms with Crippen molar-refractivity contribution in [2.45, 2.75) is 45.1 Å². The standard InChI is InChI=1S/C23H21FN4O2/c1-12-16(9-20(29)27-13(2)18-7-3-14(10-25)11-26-18)23(30)28-19-8-6-17(24)22(21(12)19)15-4-5-15/h3,6-8,11,13,15H,4-5,9H2,1-2H3,(H,27,29)(H,28,30)/t13-/m1/s1. The number of rotatable bonds is 5. The number of benzene rings is 1. The lowest BCUT2D eigenvalue weighted by Gasteiger charge is -2.16. The van der Waals surface area contributed by atoms with Crippen LogP contribution in [0.15, 0.2) is 35.3 Å². The molecule has 0 saturated heterocycles. The molecular weight excluding hydrogens is 383 g/mol. The Balaban J connectivity index is 1.61. The fraction of sp³-hybridized carbons (Fsp3) is 0.304. The quantitative estimate of drug-likeness (QED) is 0.679. The highest BCUT2D eigenvalue weighted by atomic mass is 19.1. The minimum atomic E-state index is -0.385. The number of fused-ring (bicyclic) bond motifs is 1. The van der Waals surface area contributed by atoms with Crippen LogP contribution in [-0.2, 0) is 11.2 Å². The molecule has 1 aliphatic rings. The van der Waals surface area contributed by atoms with Crippen molar-refractivity contribution in [1.29, 1.82) is 5.26 Å². The monoisotopic (exact) mass is 404 g/mol. The summed E-state index contributed by atoms with van der Waals surface area (Å²) in [5.41, 5.74) is 2.94. The van der Waals surface area contributed by atoms with Gasteiger partial charge in [0, 0.05) is 28.2 Å². The third kappa shape index (κ3) is 3.69. The van der Waals surface area contributed by atoms with E-state index in [9.17, 15) is 14.0 Å². The summed E-state index contributed by atoms with van der Waals surface area (Å²) in [6.45, 7) is 3.56. The molecule has 2 aromatic heterocycles. The summed E-state index contributed by atoms with van der Waals surface area (Å²) in [4.78, 5) is 32.3. The largest absolute Gasteiger partial charge is 0.348 e. The van der Waals surface area contributed by atoms with Crippen LogP contribution >= 0.6 is 0 Å². The van der Waals surface area contributed by atoms with Crippen molar-refractivity contribution in [3.05, 3.63) is 74.6 Å². The van der Waals surface area contributed by atoms with Crippen LogP contribution in [0.2, 0.25) is 0 Å². The summed E-state index contributed by atoms with van der Waals surface area (Å²) in [5.74, 6) is -0.426. The van der Waals surface area contributed by atoms with Crippen LogP contribution in [-0.4, -0.2) is 15.9 Å². The lowest BCUT2D eigenvalue weighted by atomic mass is 9.95. The number of amides is 1. The first-order chi connectivity index (χ1) is 14.4. The van der Waals surface area contributed by atoms with Gasteiger partial charge in [-0.1, -0.05) is 0 Å². The Labute approximate surface area is 172 Å². The third-order valence-corrected chi connectivity index (χ3v) is 5.60. The van der Waals surface area contributed by atoms with Crippen LogP contribution in [0.1, 0.15) is 59.7 Å². The van der Waals surface area contributed by atoms with Crippen LogP contribution in [0, 0.1) is 24.1 Å². The minimum Gasteiger partial charge on any atom is -0.348 e. The second-order valence-corrected chi connectivity index (χ2v) is 7.77. The molecule has 7 heteroatoms. The molecule has 1 saturated carbocycles. The predicted octanol–water partition coefficient (Wildman–Crippen LogP) is 3.54. The van der Waals surface area contributed by atoms with E-state index in [1.165, 1.54) is 12.3 Å². The molecule has 0 radical (unpaired) electrons. The van der Waals surface area contributed by atoms with Gasteiger partial charge in [0.25, 0.3) is 5.56 Å². The highest BCUT2D eigenvalue weighted by molar-refractivity contribution is 5.89. The number of hydrogen-bond donors (Lipinski definition) is 2. The molecule has 0 spiro atoms. The molecule has 3 aromatic rings. The van der Waals surface area contributed by atoms with Crippen LogP contribution in [0.3, 0.4) is 0 Å². The van der Waals surface area contributed by atoms with Crippen molar-refractivity contribution in [1.82, 2.24) is 15.3 Å². The van der Waals surface area contributed by atoms with Gasteiger partial charge >= 0.3 is 0 Å². The lowest BCUT2D eigenvalue weighted by Crippen LogP contribution is -2.31. The fourth-order valence-corrected chi connectivity index (χ4v) is 3.86. The maximum Gasteiger partial charge on any atom is 0.252 e. The van der Waals surface area contributed by atoms with E-state index in [1.54, 1.807) is 32.0 Å². The summed E-state index contributed by atoms with van der Waals surface area (Å²) in [6, 6.07) is 7.90. The highest BCUT2D eigenvalue weighted by Gasteiger charge is 2.30. The topological polar surface area (TPSA) is 98.6 Å². The molecule has 0 aliphatic heterocycles. The van der Waals surface area contributed by atoms with Crippen LogP contribution < -0.4 is 10.9 Å². The van der Waals surface area contributed by atoms with Crippen molar-refractivity contribution in [3.63, 3.8) is 0 Å². The average molecular weight is 404 g/mol. The number of aromatic amines is 1. The van der Waals surface area contributed by atoms with Gasteiger partial charge in [-0.15, -0.1) is 0 Å². The van der Waals surface area contributed by atoms with Crippen molar-refractivity contribution in [3.8, 4) is 6.07 Å². The van der Waals surface area contributed by atoms with E-state index in [1.807, 2.05) is 6.07 Å². The van der Waals surface area contributed by atoms with E-state index in [4.69, 9.17) is 5.26 Å². The number of aryl methyl sites for hydroxylation is 1. The zero-order valence-electron chi connectivity index (χ0n) is 16.8. The van der Waals surface area contributed by atoms with Gasteiger partial charge in [0.15, 0.2) is 0 Å². The van der Waals surface area contributed by atoms with Gasteiger partial charge in [0.1, 0.15) is 11.9 Å². The summed E-state index contributed by atoms with van der Waals surface area (Å²) in [7, 11) is 0.